The van der Waals surface area contributed by atoms with Gasteiger partial charge in [0.15, 0.2) is 0 Å². The van der Waals surface area contributed by atoms with Crippen molar-refractivity contribution in [2.24, 2.45) is 5.92 Å². The molecule has 1 aromatic rings. The standard InChI is InChI=1S/C19H30BrN3O3/c1-13(2)23(18(25)26-19(3,4)5)12-14-7-6-8-22(11-14)17(24)16-9-15(20)10-21-16/h9-10,13-14,21H,6-8,11-12H2,1-5H3. The summed E-state index contributed by atoms with van der Waals surface area (Å²) in [5.74, 6) is 0.259. The molecule has 6 nitrogen and oxygen atoms in total. The third kappa shape index (κ3) is 5.76. The largest absolute Gasteiger partial charge is 0.444 e. The molecular formula is C19H30BrN3O3. The van der Waals surface area contributed by atoms with E-state index < -0.39 is 5.60 Å². The molecule has 2 rings (SSSR count). The van der Waals surface area contributed by atoms with Crippen LogP contribution in [0, 0.1) is 5.92 Å². The second-order valence-electron chi connectivity index (χ2n) is 8.22. The van der Waals surface area contributed by atoms with Crippen LogP contribution in [0.3, 0.4) is 0 Å². The number of rotatable bonds is 4. The van der Waals surface area contributed by atoms with Crippen molar-refractivity contribution in [3.05, 3.63) is 22.4 Å². The van der Waals surface area contributed by atoms with Gasteiger partial charge in [0, 0.05) is 36.3 Å². The third-order valence-corrected chi connectivity index (χ3v) is 4.85. The van der Waals surface area contributed by atoms with Gasteiger partial charge in [-0.25, -0.2) is 4.79 Å². The monoisotopic (exact) mass is 427 g/mol. The quantitative estimate of drug-likeness (QED) is 0.779. The van der Waals surface area contributed by atoms with Gasteiger partial charge in [0.05, 0.1) is 0 Å². The molecule has 1 unspecified atom stereocenters. The second kappa shape index (κ2) is 8.46. The van der Waals surface area contributed by atoms with E-state index in [0.29, 0.717) is 18.8 Å². The van der Waals surface area contributed by atoms with Crippen LogP contribution < -0.4 is 0 Å². The number of nitrogens with zero attached hydrogens (tertiary/aromatic N) is 2. The van der Waals surface area contributed by atoms with Crippen LogP contribution in [-0.4, -0.2) is 58.1 Å². The Morgan fingerprint density at radius 2 is 2.12 bits per heavy atom. The molecule has 1 atom stereocenters. The maximum Gasteiger partial charge on any atom is 0.410 e. The van der Waals surface area contributed by atoms with Crippen LogP contribution >= 0.6 is 15.9 Å². The minimum atomic E-state index is -0.514. The van der Waals surface area contributed by atoms with Crippen LogP contribution in [0.4, 0.5) is 4.79 Å². The number of aromatic amines is 1. The molecule has 146 valence electrons. The Kier molecular flexibility index (Phi) is 6.77. The summed E-state index contributed by atoms with van der Waals surface area (Å²) in [6.45, 7) is 11.6. The SMILES string of the molecule is CC(C)N(CC1CCCN(C(=O)c2cc(Br)c[nH]2)C1)C(=O)OC(C)(C)C. The zero-order chi connectivity index (χ0) is 19.5. The van der Waals surface area contributed by atoms with Crippen molar-refractivity contribution in [1.29, 1.82) is 0 Å². The zero-order valence-electron chi connectivity index (χ0n) is 16.3. The first-order valence-electron chi connectivity index (χ1n) is 9.19. The molecule has 1 aromatic heterocycles. The van der Waals surface area contributed by atoms with Crippen molar-refractivity contribution in [2.45, 2.75) is 59.1 Å². The molecule has 1 aliphatic rings. The number of ether oxygens (including phenoxy) is 1. The van der Waals surface area contributed by atoms with Crippen LogP contribution in [0.2, 0.25) is 0 Å². The summed E-state index contributed by atoms with van der Waals surface area (Å²) in [6.07, 6.45) is 3.42. The highest BCUT2D eigenvalue weighted by Crippen LogP contribution is 2.22. The lowest BCUT2D eigenvalue weighted by molar-refractivity contribution is 0.0123. The molecule has 0 spiro atoms. The Balaban J connectivity index is 2.01. The van der Waals surface area contributed by atoms with Crippen molar-refractivity contribution in [3.8, 4) is 0 Å². The predicted octanol–water partition coefficient (Wildman–Crippen LogP) is 4.27. The Bertz CT molecular complexity index is 636. The normalized spacial score (nSPS) is 18.1. The number of carbonyl (C=O) groups is 2. The van der Waals surface area contributed by atoms with Gasteiger partial charge in [-0.05, 0) is 75.4 Å². The van der Waals surface area contributed by atoms with Crippen LogP contribution in [-0.2, 0) is 4.74 Å². The van der Waals surface area contributed by atoms with E-state index in [0.717, 1.165) is 23.9 Å². The summed E-state index contributed by atoms with van der Waals surface area (Å²) in [7, 11) is 0. The Labute approximate surface area is 164 Å². The molecule has 1 aliphatic heterocycles. The lowest BCUT2D eigenvalue weighted by Crippen LogP contribution is -2.48. The van der Waals surface area contributed by atoms with Crippen LogP contribution in [0.25, 0.3) is 0 Å². The van der Waals surface area contributed by atoms with Gasteiger partial charge >= 0.3 is 6.09 Å². The topological polar surface area (TPSA) is 65.6 Å². The third-order valence-electron chi connectivity index (χ3n) is 4.39. The van der Waals surface area contributed by atoms with Gasteiger partial charge in [-0.15, -0.1) is 0 Å². The van der Waals surface area contributed by atoms with Crippen molar-refractivity contribution in [3.63, 3.8) is 0 Å². The fourth-order valence-electron chi connectivity index (χ4n) is 3.16. The minimum absolute atomic E-state index is 0.00812. The molecule has 2 amide bonds. The van der Waals surface area contributed by atoms with E-state index in [2.05, 4.69) is 20.9 Å². The molecule has 2 heterocycles. The maximum absolute atomic E-state index is 12.7. The van der Waals surface area contributed by atoms with E-state index in [9.17, 15) is 9.59 Å². The first kappa shape index (κ1) is 20.8. The summed E-state index contributed by atoms with van der Waals surface area (Å²) < 4.78 is 6.41. The first-order chi connectivity index (χ1) is 12.1. The van der Waals surface area contributed by atoms with E-state index in [1.54, 1.807) is 17.2 Å². The molecule has 7 heteroatoms. The van der Waals surface area contributed by atoms with Crippen molar-refractivity contribution < 1.29 is 14.3 Å². The summed E-state index contributed by atoms with van der Waals surface area (Å²) in [5.41, 5.74) is 0.0742. The molecular weight excluding hydrogens is 398 g/mol. The fourth-order valence-corrected chi connectivity index (χ4v) is 3.50. The van der Waals surface area contributed by atoms with Gasteiger partial charge in [-0.3, -0.25) is 4.79 Å². The average Bonchev–Trinajstić information content (AvgIpc) is 2.96. The van der Waals surface area contributed by atoms with Gasteiger partial charge in [0.2, 0.25) is 0 Å². The molecule has 26 heavy (non-hydrogen) atoms. The smallest absolute Gasteiger partial charge is 0.410 e. The predicted molar refractivity (Wildman–Crippen MR) is 105 cm³/mol. The fraction of sp³-hybridized carbons (Fsp3) is 0.684. The second-order valence-corrected chi connectivity index (χ2v) is 9.13. The van der Waals surface area contributed by atoms with E-state index >= 15 is 0 Å². The van der Waals surface area contributed by atoms with Gasteiger partial charge < -0.3 is 19.5 Å². The Morgan fingerprint density at radius 1 is 1.42 bits per heavy atom. The number of hydrogen-bond donors (Lipinski definition) is 1. The summed E-state index contributed by atoms with van der Waals surface area (Å²) in [6, 6.07) is 1.85. The number of likely N-dealkylation sites (tertiary alicyclic amines) is 1. The number of carbonyl (C=O) groups excluding carboxylic acids is 2. The van der Waals surface area contributed by atoms with Crippen LogP contribution in [0.5, 0.6) is 0 Å². The van der Waals surface area contributed by atoms with Gasteiger partial charge in [-0.1, -0.05) is 0 Å². The van der Waals surface area contributed by atoms with Gasteiger partial charge in [-0.2, -0.15) is 0 Å². The molecule has 1 N–H and O–H groups in total. The summed E-state index contributed by atoms with van der Waals surface area (Å²) in [4.78, 5) is 31.8. The minimum Gasteiger partial charge on any atom is -0.444 e. The van der Waals surface area contributed by atoms with Crippen molar-refractivity contribution in [2.75, 3.05) is 19.6 Å². The molecule has 1 saturated heterocycles. The zero-order valence-corrected chi connectivity index (χ0v) is 17.9. The molecule has 0 radical (unpaired) electrons. The first-order valence-corrected chi connectivity index (χ1v) is 9.99. The number of H-pyrrole nitrogens is 1. The van der Waals surface area contributed by atoms with Crippen molar-refractivity contribution >= 4 is 27.9 Å². The highest BCUT2D eigenvalue weighted by molar-refractivity contribution is 9.10. The Morgan fingerprint density at radius 3 is 2.65 bits per heavy atom. The number of hydrogen-bond acceptors (Lipinski definition) is 3. The maximum atomic E-state index is 12.7. The lowest BCUT2D eigenvalue weighted by Gasteiger charge is -2.37. The number of amides is 2. The van der Waals surface area contributed by atoms with E-state index in [-0.39, 0.29) is 24.0 Å². The van der Waals surface area contributed by atoms with Crippen LogP contribution in [0.1, 0.15) is 57.9 Å². The van der Waals surface area contributed by atoms with Crippen LogP contribution in [0.15, 0.2) is 16.7 Å². The molecule has 0 aliphatic carbocycles. The summed E-state index contributed by atoms with van der Waals surface area (Å²) in [5, 5.41) is 0. The molecule has 0 saturated carbocycles. The van der Waals surface area contributed by atoms with E-state index in [1.807, 2.05) is 39.5 Å². The van der Waals surface area contributed by atoms with Gasteiger partial charge in [0.25, 0.3) is 5.91 Å². The molecule has 0 aromatic carbocycles. The van der Waals surface area contributed by atoms with Crippen molar-refractivity contribution in [1.82, 2.24) is 14.8 Å². The number of aromatic nitrogens is 1. The number of nitrogens with one attached hydrogen (secondary N) is 1. The number of halogens is 1. The summed E-state index contributed by atoms with van der Waals surface area (Å²) >= 11 is 3.36. The van der Waals surface area contributed by atoms with E-state index in [1.165, 1.54) is 0 Å². The molecule has 0 bridgehead atoms. The Hall–Kier alpha value is -1.50. The average molecular weight is 428 g/mol. The lowest BCUT2D eigenvalue weighted by atomic mass is 9.96. The van der Waals surface area contributed by atoms with Gasteiger partial charge in [0.1, 0.15) is 11.3 Å². The van der Waals surface area contributed by atoms with E-state index in [4.69, 9.17) is 4.74 Å². The highest BCUT2D eigenvalue weighted by Gasteiger charge is 2.30. The molecule has 1 fully saturated rings. The highest BCUT2D eigenvalue weighted by atomic mass is 79.9. The number of piperidine rings is 1.